The standard InChI is InChI=1S/C15H19FO4/c1-4-15(5-2)19-12(13(20-15)14(17)18-3)10-8-6-7-9-11(10)16/h6-9,12-13H,4-5H2,1-3H3/t12-,13+/m0/s1. The number of benzene rings is 1. The van der Waals surface area contributed by atoms with E-state index in [0.717, 1.165) is 0 Å². The number of methoxy groups -OCH3 is 1. The van der Waals surface area contributed by atoms with E-state index < -0.39 is 29.8 Å². The fourth-order valence-corrected chi connectivity index (χ4v) is 2.42. The molecule has 1 aromatic rings. The van der Waals surface area contributed by atoms with E-state index >= 15 is 0 Å². The molecule has 0 N–H and O–H groups in total. The topological polar surface area (TPSA) is 44.8 Å². The Balaban J connectivity index is 2.38. The van der Waals surface area contributed by atoms with E-state index in [2.05, 4.69) is 0 Å². The van der Waals surface area contributed by atoms with Crippen LogP contribution in [0.5, 0.6) is 0 Å². The summed E-state index contributed by atoms with van der Waals surface area (Å²) in [5.41, 5.74) is 0.312. The number of hydrogen-bond donors (Lipinski definition) is 0. The maximum absolute atomic E-state index is 14.0. The highest BCUT2D eigenvalue weighted by molar-refractivity contribution is 5.76. The van der Waals surface area contributed by atoms with Crippen LogP contribution in [0.25, 0.3) is 0 Å². The summed E-state index contributed by atoms with van der Waals surface area (Å²) in [5.74, 6) is -1.84. The van der Waals surface area contributed by atoms with E-state index in [1.807, 2.05) is 13.8 Å². The first-order chi connectivity index (χ1) is 9.56. The fraction of sp³-hybridized carbons (Fsp3) is 0.533. The van der Waals surface area contributed by atoms with Crippen molar-refractivity contribution < 1.29 is 23.4 Å². The van der Waals surface area contributed by atoms with Gasteiger partial charge in [-0.3, -0.25) is 0 Å². The van der Waals surface area contributed by atoms with Crippen LogP contribution in [0, 0.1) is 5.82 Å². The highest BCUT2D eigenvalue weighted by Crippen LogP contribution is 2.43. The molecule has 1 heterocycles. The third kappa shape index (κ3) is 2.55. The van der Waals surface area contributed by atoms with E-state index in [4.69, 9.17) is 14.2 Å². The predicted molar refractivity (Wildman–Crippen MR) is 70.4 cm³/mol. The highest BCUT2D eigenvalue weighted by atomic mass is 19.1. The average Bonchev–Trinajstić information content (AvgIpc) is 2.87. The predicted octanol–water partition coefficient (Wildman–Crippen LogP) is 2.97. The normalized spacial score (nSPS) is 24.6. The van der Waals surface area contributed by atoms with E-state index in [-0.39, 0.29) is 0 Å². The summed E-state index contributed by atoms with van der Waals surface area (Å²) in [6.45, 7) is 3.81. The van der Waals surface area contributed by atoms with Crippen molar-refractivity contribution in [2.45, 2.75) is 44.7 Å². The molecule has 20 heavy (non-hydrogen) atoms. The second-order valence-corrected chi connectivity index (χ2v) is 4.74. The Morgan fingerprint density at radius 3 is 2.50 bits per heavy atom. The molecule has 0 saturated carbocycles. The third-order valence-corrected chi connectivity index (χ3v) is 3.68. The van der Waals surface area contributed by atoms with E-state index in [1.165, 1.54) is 13.2 Å². The van der Waals surface area contributed by atoms with Crippen molar-refractivity contribution in [1.82, 2.24) is 0 Å². The largest absolute Gasteiger partial charge is 0.467 e. The van der Waals surface area contributed by atoms with Gasteiger partial charge in [0.2, 0.25) is 0 Å². The molecule has 1 fully saturated rings. The number of rotatable bonds is 4. The van der Waals surface area contributed by atoms with Crippen molar-refractivity contribution in [3.8, 4) is 0 Å². The second-order valence-electron chi connectivity index (χ2n) is 4.74. The van der Waals surface area contributed by atoms with Crippen LogP contribution in [0.4, 0.5) is 4.39 Å². The lowest BCUT2D eigenvalue weighted by Gasteiger charge is -2.24. The van der Waals surface area contributed by atoms with Gasteiger partial charge in [-0.25, -0.2) is 9.18 Å². The molecule has 0 amide bonds. The molecule has 0 aromatic heterocycles. The smallest absolute Gasteiger partial charge is 0.338 e. The number of carbonyl (C=O) groups excluding carboxylic acids is 1. The molecule has 110 valence electrons. The van der Waals surface area contributed by atoms with Crippen LogP contribution in [0.1, 0.15) is 38.4 Å². The summed E-state index contributed by atoms with van der Waals surface area (Å²) in [6.07, 6.45) is -0.593. The zero-order valence-electron chi connectivity index (χ0n) is 11.9. The number of esters is 1. The molecular weight excluding hydrogens is 263 g/mol. The zero-order chi connectivity index (χ0) is 14.8. The summed E-state index contributed by atoms with van der Waals surface area (Å²) in [5, 5.41) is 0. The molecule has 4 nitrogen and oxygen atoms in total. The molecule has 0 aliphatic carbocycles. The SMILES string of the molecule is CCC1(CC)O[C@@H](C(=O)OC)[C@H](c2ccccc2F)O1. The molecule has 0 unspecified atom stereocenters. The summed E-state index contributed by atoms with van der Waals surface area (Å²) < 4.78 is 30.3. The van der Waals surface area contributed by atoms with Gasteiger partial charge in [-0.1, -0.05) is 32.0 Å². The van der Waals surface area contributed by atoms with Crippen molar-refractivity contribution in [3.63, 3.8) is 0 Å². The van der Waals surface area contributed by atoms with Crippen LogP contribution < -0.4 is 0 Å². The summed E-state index contributed by atoms with van der Waals surface area (Å²) in [6, 6.07) is 6.23. The van der Waals surface area contributed by atoms with E-state index in [9.17, 15) is 9.18 Å². The molecule has 1 aliphatic rings. The number of hydrogen-bond acceptors (Lipinski definition) is 4. The minimum atomic E-state index is -0.947. The summed E-state index contributed by atoms with van der Waals surface area (Å²) in [4.78, 5) is 11.9. The lowest BCUT2D eigenvalue weighted by molar-refractivity contribution is -0.187. The van der Waals surface area contributed by atoms with Gasteiger partial charge in [0.15, 0.2) is 11.9 Å². The minimum absolute atomic E-state index is 0.312. The van der Waals surface area contributed by atoms with Crippen LogP contribution in [-0.2, 0) is 19.0 Å². The summed E-state index contributed by atoms with van der Waals surface area (Å²) in [7, 11) is 1.28. The third-order valence-electron chi connectivity index (χ3n) is 3.68. The average molecular weight is 282 g/mol. The maximum Gasteiger partial charge on any atom is 0.338 e. The van der Waals surface area contributed by atoms with Crippen molar-refractivity contribution in [2.75, 3.05) is 7.11 Å². The highest BCUT2D eigenvalue weighted by Gasteiger charge is 2.50. The lowest BCUT2D eigenvalue weighted by Crippen LogP contribution is -2.32. The summed E-state index contributed by atoms with van der Waals surface area (Å²) >= 11 is 0. The van der Waals surface area contributed by atoms with Crippen LogP contribution in [0.2, 0.25) is 0 Å². The molecule has 0 bridgehead atoms. The monoisotopic (exact) mass is 282 g/mol. The van der Waals surface area contributed by atoms with Crippen LogP contribution >= 0.6 is 0 Å². The lowest BCUT2D eigenvalue weighted by atomic mass is 10.0. The molecule has 5 heteroatoms. The molecule has 0 spiro atoms. The van der Waals surface area contributed by atoms with Crippen molar-refractivity contribution in [1.29, 1.82) is 0 Å². The number of ether oxygens (including phenoxy) is 3. The quantitative estimate of drug-likeness (QED) is 0.796. The van der Waals surface area contributed by atoms with Crippen LogP contribution in [-0.4, -0.2) is 25.0 Å². The van der Waals surface area contributed by atoms with E-state index in [0.29, 0.717) is 18.4 Å². The Bertz CT molecular complexity index is 485. The number of carbonyl (C=O) groups is 1. The van der Waals surface area contributed by atoms with Crippen molar-refractivity contribution in [3.05, 3.63) is 35.6 Å². The Hall–Kier alpha value is -1.46. The minimum Gasteiger partial charge on any atom is -0.467 e. The second kappa shape index (κ2) is 5.89. The van der Waals surface area contributed by atoms with Crippen LogP contribution in [0.3, 0.4) is 0 Å². The first-order valence-electron chi connectivity index (χ1n) is 6.74. The van der Waals surface area contributed by atoms with Gasteiger partial charge in [0.05, 0.1) is 7.11 Å². The van der Waals surface area contributed by atoms with Gasteiger partial charge in [0, 0.05) is 5.56 Å². The maximum atomic E-state index is 14.0. The molecule has 1 saturated heterocycles. The molecule has 2 atom stereocenters. The van der Waals surface area contributed by atoms with Crippen molar-refractivity contribution >= 4 is 5.97 Å². The molecule has 2 rings (SSSR count). The van der Waals surface area contributed by atoms with Gasteiger partial charge >= 0.3 is 5.97 Å². The molecule has 1 aromatic carbocycles. The number of halogens is 1. The van der Waals surface area contributed by atoms with Crippen LogP contribution in [0.15, 0.2) is 24.3 Å². The van der Waals surface area contributed by atoms with E-state index in [1.54, 1.807) is 18.2 Å². The van der Waals surface area contributed by atoms with Gasteiger partial charge in [0.25, 0.3) is 0 Å². The Kier molecular flexibility index (Phi) is 4.40. The van der Waals surface area contributed by atoms with Gasteiger partial charge in [-0.15, -0.1) is 0 Å². The first-order valence-corrected chi connectivity index (χ1v) is 6.74. The van der Waals surface area contributed by atoms with Gasteiger partial charge < -0.3 is 14.2 Å². The fourth-order valence-electron chi connectivity index (χ4n) is 2.42. The Labute approximate surface area is 117 Å². The molecule has 1 aliphatic heterocycles. The van der Waals surface area contributed by atoms with Gasteiger partial charge in [-0.05, 0) is 18.9 Å². The van der Waals surface area contributed by atoms with Gasteiger partial charge in [-0.2, -0.15) is 0 Å². The molecule has 0 radical (unpaired) electrons. The zero-order valence-corrected chi connectivity index (χ0v) is 11.9. The molecular formula is C15H19FO4. The van der Waals surface area contributed by atoms with Crippen molar-refractivity contribution in [2.24, 2.45) is 0 Å². The Morgan fingerprint density at radius 1 is 1.30 bits per heavy atom. The van der Waals surface area contributed by atoms with Gasteiger partial charge in [0.1, 0.15) is 11.9 Å². The first kappa shape index (κ1) is 14.9. The Morgan fingerprint density at radius 2 is 1.95 bits per heavy atom.